The predicted octanol–water partition coefficient (Wildman–Crippen LogP) is 1.16. The first-order chi connectivity index (χ1) is 10.3. The minimum absolute atomic E-state index is 0.0786. The zero-order valence-corrected chi connectivity index (χ0v) is 14.3. The molecular weight excluding hydrogens is 282 g/mol. The van der Waals surface area contributed by atoms with Gasteiger partial charge < -0.3 is 10.4 Å². The molecule has 1 aliphatic rings. The molecule has 0 saturated carbocycles. The monoisotopic (exact) mass is 313 g/mol. The van der Waals surface area contributed by atoms with Crippen molar-refractivity contribution in [3.63, 3.8) is 0 Å². The highest BCUT2D eigenvalue weighted by Crippen LogP contribution is 2.17. The van der Waals surface area contributed by atoms with Crippen LogP contribution in [0.15, 0.2) is 0 Å². The summed E-state index contributed by atoms with van der Waals surface area (Å²) in [6.07, 6.45) is 3.88. The molecule has 2 atom stereocenters. The Hall–Kier alpha value is -1.14. The van der Waals surface area contributed by atoms with Gasteiger partial charge in [0.25, 0.3) is 0 Å². The van der Waals surface area contributed by atoms with Crippen molar-refractivity contribution in [1.82, 2.24) is 15.1 Å². The Morgan fingerprint density at radius 1 is 1.32 bits per heavy atom. The third-order valence-electron chi connectivity index (χ3n) is 4.54. The molecule has 0 aromatic rings. The summed E-state index contributed by atoms with van der Waals surface area (Å²) < 4.78 is 0. The van der Waals surface area contributed by atoms with E-state index in [9.17, 15) is 9.59 Å². The van der Waals surface area contributed by atoms with Crippen molar-refractivity contribution in [2.75, 3.05) is 26.7 Å². The lowest BCUT2D eigenvalue weighted by Gasteiger charge is -2.38. The van der Waals surface area contributed by atoms with Crippen LogP contribution in [0.5, 0.6) is 0 Å². The van der Waals surface area contributed by atoms with Gasteiger partial charge in [0, 0.05) is 25.2 Å². The van der Waals surface area contributed by atoms with E-state index in [1.54, 1.807) is 0 Å². The van der Waals surface area contributed by atoms with Crippen molar-refractivity contribution in [3.8, 4) is 0 Å². The predicted molar refractivity (Wildman–Crippen MR) is 86.8 cm³/mol. The Bertz CT molecular complexity index is 368. The number of aliphatic carboxylic acids is 1. The van der Waals surface area contributed by atoms with Crippen LogP contribution < -0.4 is 5.32 Å². The number of carboxylic acids is 1. The fourth-order valence-corrected chi connectivity index (χ4v) is 3.09. The first kappa shape index (κ1) is 18.9. The normalized spacial score (nSPS) is 19.9. The summed E-state index contributed by atoms with van der Waals surface area (Å²) >= 11 is 0. The number of carbonyl (C=O) groups is 2. The van der Waals surface area contributed by atoms with Gasteiger partial charge in [0.05, 0.1) is 12.6 Å². The van der Waals surface area contributed by atoms with Crippen LogP contribution >= 0.6 is 0 Å². The van der Waals surface area contributed by atoms with Gasteiger partial charge >= 0.3 is 5.97 Å². The summed E-state index contributed by atoms with van der Waals surface area (Å²) in [5, 5.41) is 11.9. The van der Waals surface area contributed by atoms with E-state index in [0.29, 0.717) is 6.04 Å². The van der Waals surface area contributed by atoms with Gasteiger partial charge in [0.2, 0.25) is 5.91 Å². The number of likely N-dealkylation sites (tertiary alicyclic amines) is 1. The van der Waals surface area contributed by atoms with Crippen LogP contribution in [0, 0.1) is 0 Å². The first-order valence-electron chi connectivity index (χ1n) is 8.31. The standard InChI is InChI=1S/C16H31N3O3/c1-5-6-12(2)17-16(22)13(3)19-9-7-14(8-10-19)18(4)11-15(20)21/h12-14H,5-11H2,1-4H3,(H,17,22)(H,20,21). The maximum Gasteiger partial charge on any atom is 0.317 e. The van der Waals surface area contributed by atoms with Gasteiger partial charge in [-0.3, -0.25) is 19.4 Å². The van der Waals surface area contributed by atoms with Crippen LogP contribution in [0.25, 0.3) is 0 Å². The molecule has 6 heteroatoms. The van der Waals surface area contributed by atoms with Crippen molar-refractivity contribution in [2.24, 2.45) is 0 Å². The van der Waals surface area contributed by atoms with Gasteiger partial charge in [-0.1, -0.05) is 13.3 Å². The van der Waals surface area contributed by atoms with Crippen LogP contribution in [-0.2, 0) is 9.59 Å². The second-order valence-electron chi connectivity index (χ2n) is 6.45. The van der Waals surface area contributed by atoms with Crippen molar-refractivity contribution >= 4 is 11.9 Å². The molecule has 1 aliphatic heterocycles. The quantitative estimate of drug-likeness (QED) is 0.703. The van der Waals surface area contributed by atoms with Gasteiger partial charge in [-0.15, -0.1) is 0 Å². The summed E-state index contributed by atoms with van der Waals surface area (Å²) in [7, 11) is 1.86. The lowest BCUT2D eigenvalue weighted by Crippen LogP contribution is -2.52. The molecule has 1 fully saturated rings. The second-order valence-corrected chi connectivity index (χ2v) is 6.45. The van der Waals surface area contributed by atoms with E-state index in [1.807, 2.05) is 25.8 Å². The Morgan fingerprint density at radius 2 is 1.91 bits per heavy atom. The molecule has 128 valence electrons. The number of piperidine rings is 1. The summed E-state index contributed by atoms with van der Waals surface area (Å²) in [6, 6.07) is 0.394. The lowest BCUT2D eigenvalue weighted by atomic mass is 10.0. The van der Waals surface area contributed by atoms with Crippen molar-refractivity contribution < 1.29 is 14.7 Å². The minimum atomic E-state index is -0.789. The number of nitrogens with one attached hydrogen (secondary N) is 1. The SMILES string of the molecule is CCCC(C)NC(=O)C(C)N1CCC(N(C)CC(=O)O)CC1. The highest BCUT2D eigenvalue weighted by Gasteiger charge is 2.29. The minimum Gasteiger partial charge on any atom is -0.480 e. The van der Waals surface area contributed by atoms with Crippen LogP contribution in [0.2, 0.25) is 0 Å². The van der Waals surface area contributed by atoms with Gasteiger partial charge in [0.15, 0.2) is 0 Å². The highest BCUT2D eigenvalue weighted by molar-refractivity contribution is 5.81. The summed E-state index contributed by atoms with van der Waals surface area (Å²) in [4.78, 5) is 27.1. The molecule has 2 N–H and O–H groups in total. The molecule has 0 radical (unpaired) electrons. The zero-order chi connectivity index (χ0) is 16.7. The molecule has 0 aromatic heterocycles. The van der Waals surface area contributed by atoms with Crippen LogP contribution in [-0.4, -0.2) is 71.6 Å². The lowest BCUT2D eigenvalue weighted by molar-refractivity contribution is -0.138. The van der Waals surface area contributed by atoms with E-state index in [1.165, 1.54) is 0 Å². The highest BCUT2D eigenvalue weighted by atomic mass is 16.4. The zero-order valence-electron chi connectivity index (χ0n) is 14.3. The summed E-state index contributed by atoms with van der Waals surface area (Å²) in [6.45, 7) is 7.87. The number of rotatable bonds is 8. The molecule has 6 nitrogen and oxygen atoms in total. The number of likely N-dealkylation sites (N-methyl/N-ethyl adjacent to an activating group) is 1. The van der Waals surface area contributed by atoms with E-state index in [-0.39, 0.29) is 24.5 Å². The molecule has 22 heavy (non-hydrogen) atoms. The van der Waals surface area contributed by atoms with Crippen LogP contribution in [0.1, 0.15) is 46.5 Å². The fourth-order valence-electron chi connectivity index (χ4n) is 3.09. The van der Waals surface area contributed by atoms with E-state index in [0.717, 1.165) is 38.8 Å². The largest absolute Gasteiger partial charge is 0.480 e. The third kappa shape index (κ3) is 5.93. The van der Waals surface area contributed by atoms with Crippen molar-refractivity contribution in [2.45, 2.75) is 64.6 Å². The van der Waals surface area contributed by atoms with Crippen LogP contribution in [0.4, 0.5) is 0 Å². The maximum atomic E-state index is 12.2. The van der Waals surface area contributed by atoms with Crippen LogP contribution in [0.3, 0.4) is 0 Å². The number of hydrogen-bond acceptors (Lipinski definition) is 4. The molecule has 2 unspecified atom stereocenters. The average Bonchev–Trinajstić information content (AvgIpc) is 2.46. The van der Waals surface area contributed by atoms with Crippen molar-refractivity contribution in [3.05, 3.63) is 0 Å². The third-order valence-corrected chi connectivity index (χ3v) is 4.54. The second kappa shape index (κ2) is 9.10. The number of nitrogens with zero attached hydrogens (tertiary/aromatic N) is 2. The molecule has 1 saturated heterocycles. The van der Waals surface area contributed by atoms with E-state index < -0.39 is 5.97 Å². The Labute approximate surface area is 133 Å². The van der Waals surface area contributed by atoms with E-state index in [4.69, 9.17) is 5.11 Å². The van der Waals surface area contributed by atoms with Gasteiger partial charge in [-0.2, -0.15) is 0 Å². The first-order valence-corrected chi connectivity index (χ1v) is 8.31. The maximum absolute atomic E-state index is 12.2. The van der Waals surface area contributed by atoms with E-state index in [2.05, 4.69) is 17.1 Å². The number of carboxylic acid groups (broad SMARTS) is 1. The summed E-state index contributed by atoms with van der Waals surface area (Å²) in [5.41, 5.74) is 0. The smallest absolute Gasteiger partial charge is 0.317 e. The molecule has 1 amide bonds. The fraction of sp³-hybridized carbons (Fsp3) is 0.875. The van der Waals surface area contributed by atoms with Gasteiger partial charge in [-0.05, 0) is 40.2 Å². The molecule has 0 aromatic carbocycles. The Balaban J connectivity index is 2.40. The Kier molecular flexibility index (Phi) is 7.82. The number of carbonyl (C=O) groups excluding carboxylic acids is 1. The number of amides is 1. The molecule has 1 heterocycles. The topological polar surface area (TPSA) is 72.9 Å². The Morgan fingerprint density at radius 3 is 2.41 bits per heavy atom. The molecule has 0 bridgehead atoms. The molecule has 0 aliphatic carbocycles. The number of hydrogen-bond donors (Lipinski definition) is 2. The molecule has 1 rings (SSSR count). The van der Waals surface area contributed by atoms with E-state index >= 15 is 0 Å². The average molecular weight is 313 g/mol. The van der Waals surface area contributed by atoms with Gasteiger partial charge in [0.1, 0.15) is 0 Å². The van der Waals surface area contributed by atoms with Gasteiger partial charge in [-0.25, -0.2) is 0 Å². The molecule has 0 spiro atoms. The summed E-state index contributed by atoms with van der Waals surface area (Å²) in [5.74, 6) is -0.694. The van der Waals surface area contributed by atoms with Crippen molar-refractivity contribution in [1.29, 1.82) is 0 Å². The molecular formula is C16H31N3O3.